The molecule has 1 aromatic rings. The van der Waals surface area contributed by atoms with Crippen LogP contribution in [0.3, 0.4) is 0 Å². The molecule has 4 heteroatoms. The minimum Gasteiger partial charge on any atom is -0.381 e. The van der Waals surface area contributed by atoms with Crippen molar-refractivity contribution in [3.63, 3.8) is 0 Å². The van der Waals surface area contributed by atoms with Gasteiger partial charge in [0, 0.05) is 31.6 Å². The number of fused-ring (bicyclic) bond motifs is 4. The van der Waals surface area contributed by atoms with Crippen molar-refractivity contribution < 1.29 is 19.1 Å². The van der Waals surface area contributed by atoms with Crippen LogP contribution in [0.15, 0.2) is 47.1 Å². The predicted molar refractivity (Wildman–Crippen MR) is 128 cm³/mol. The van der Waals surface area contributed by atoms with Gasteiger partial charge in [-0.1, -0.05) is 43.2 Å². The van der Waals surface area contributed by atoms with Gasteiger partial charge in [-0.25, -0.2) is 0 Å². The molecule has 2 saturated carbocycles. The summed E-state index contributed by atoms with van der Waals surface area (Å²) in [5.74, 6) is 1.62. The zero-order valence-electron chi connectivity index (χ0n) is 20.2. The summed E-state index contributed by atoms with van der Waals surface area (Å²) >= 11 is 0. The molecule has 5 rings (SSSR count). The minimum absolute atomic E-state index is 0.145. The van der Waals surface area contributed by atoms with Gasteiger partial charge in [0.1, 0.15) is 11.9 Å². The highest BCUT2D eigenvalue weighted by Gasteiger charge is 2.55. The highest BCUT2D eigenvalue weighted by atomic mass is 16.5. The van der Waals surface area contributed by atoms with Gasteiger partial charge < -0.3 is 9.47 Å². The quantitative estimate of drug-likeness (QED) is 0.515. The molecule has 0 N–H and O–H groups in total. The van der Waals surface area contributed by atoms with E-state index in [4.69, 9.17) is 9.47 Å². The molecule has 2 fully saturated rings. The summed E-state index contributed by atoms with van der Waals surface area (Å²) < 4.78 is 12.2. The number of hydrogen-bond acceptors (Lipinski definition) is 4. The average molecular weight is 449 g/mol. The summed E-state index contributed by atoms with van der Waals surface area (Å²) in [6.07, 6.45) is 10.2. The number of ether oxygens (including phenoxy) is 2. The zero-order valence-corrected chi connectivity index (χ0v) is 20.2. The first-order chi connectivity index (χ1) is 15.9. The normalized spacial score (nSPS) is 35.5. The van der Waals surface area contributed by atoms with Gasteiger partial charge >= 0.3 is 0 Å². The van der Waals surface area contributed by atoms with Gasteiger partial charge in [0.15, 0.2) is 5.78 Å². The average Bonchev–Trinajstić information content (AvgIpc) is 3.20. The predicted octanol–water partition coefficient (Wildman–Crippen LogP) is 5.82. The van der Waals surface area contributed by atoms with Crippen molar-refractivity contribution in [1.29, 1.82) is 0 Å². The Bertz CT molecular complexity index is 995. The standard InChI is InChI=1S/C29H36O4/c1-4-33-29(18-32-3)15-22(31)14-21-11-12-23-25-6-5-13-28(25,2)16-24(26(23)27(21)29)20-9-7-19(17-30)8-10-20/h7-10,14,17,23-25H,4-6,11-13,15-16,18H2,1-3H3/t23-,24+,25-,28-,29?/m0/s1. The number of hydrogen-bond donors (Lipinski definition) is 0. The molecule has 4 aliphatic carbocycles. The van der Waals surface area contributed by atoms with Crippen molar-refractivity contribution in [2.24, 2.45) is 17.3 Å². The lowest BCUT2D eigenvalue weighted by atomic mass is 9.52. The number of allylic oxidation sites excluding steroid dienone is 2. The van der Waals surface area contributed by atoms with Crippen LogP contribution in [0.2, 0.25) is 0 Å². The zero-order chi connectivity index (χ0) is 23.2. The molecule has 4 aliphatic rings. The fourth-order valence-corrected chi connectivity index (χ4v) is 7.81. The van der Waals surface area contributed by atoms with E-state index in [1.54, 1.807) is 7.11 Å². The fraction of sp³-hybridized carbons (Fsp3) is 0.586. The maximum atomic E-state index is 12.8. The third-order valence-electron chi connectivity index (χ3n) is 8.95. The molecule has 0 bridgehead atoms. The fourth-order valence-electron chi connectivity index (χ4n) is 7.81. The number of ketones is 1. The molecule has 0 radical (unpaired) electrons. The van der Waals surface area contributed by atoms with Crippen LogP contribution in [0.25, 0.3) is 0 Å². The Balaban J connectivity index is 1.75. The number of aldehydes is 1. The molecule has 0 amide bonds. The monoisotopic (exact) mass is 448 g/mol. The molecule has 1 aromatic carbocycles. The second-order valence-corrected chi connectivity index (χ2v) is 10.8. The topological polar surface area (TPSA) is 52.6 Å². The first-order valence-electron chi connectivity index (χ1n) is 12.6. The molecule has 0 aliphatic heterocycles. The van der Waals surface area contributed by atoms with Crippen molar-refractivity contribution >= 4 is 12.1 Å². The first kappa shape index (κ1) is 22.7. The Labute approximate surface area is 197 Å². The van der Waals surface area contributed by atoms with Gasteiger partial charge in [0.2, 0.25) is 0 Å². The summed E-state index contributed by atoms with van der Waals surface area (Å²) in [6, 6.07) is 8.17. The maximum absolute atomic E-state index is 12.8. The number of carbonyl (C=O) groups is 2. The lowest BCUT2D eigenvalue weighted by Gasteiger charge is -2.53. The van der Waals surface area contributed by atoms with E-state index in [0.29, 0.717) is 42.4 Å². The third-order valence-corrected chi connectivity index (χ3v) is 8.95. The Morgan fingerprint density at radius 2 is 1.97 bits per heavy atom. The molecule has 5 atom stereocenters. The third kappa shape index (κ3) is 3.66. The van der Waals surface area contributed by atoms with Crippen molar-refractivity contribution in [2.75, 3.05) is 20.3 Å². The summed E-state index contributed by atoms with van der Waals surface area (Å²) in [4.78, 5) is 24.1. The Morgan fingerprint density at radius 3 is 2.67 bits per heavy atom. The van der Waals surface area contributed by atoms with Crippen molar-refractivity contribution in [3.8, 4) is 0 Å². The van der Waals surface area contributed by atoms with E-state index in [0.717, 1.165) is 25.5 Å². The van der Waals surface area contributed by atoms with E-state index in [-0.39, 0.29) is 11.7 Å². The summed E-state index contributed by atoms with van der Waals surface area (Å²) in [5, 5.41) is 0. The summed E-state index contributed by atoms with van der Waals surface area (Å²) in [5.41, 5.74) is 5.55. The molecule has 0 saturated heterocycles. The molecular formula is C29H36O4. The molecule has 0 aromatic heterocycles. The van der Waals surface area contributed by atoms with E-state index in [1.165, 1.54) is 41.5 Å². The minimum atomic E-state index is -0.702. The molecular weight excluding hydrogens is 412 g/mol. The highest BCUT2D eigenvalue weighted by Crippen LogP contribution is 2.64. The van der Waals surface area contributed by atoms with Gasteiger partial charge in [-0.3, -0.25) is 9.59 Å². The largest absolute Gasteiger partial charge is 0.381 e. The summed E-state index contributed by atoms with van der Waals surface area (Å²) in [6.45, 7) is 5.45. The molecule has 1 unspecified atom stereocenters. The van der Waals surface area contributed by atoms with Gasteiger partial charge in [0.05, 0.1) is 6.61 Å². The lowest BCUT2D eigenvalue weighted by molar-refractivity contribution is -0.125. The molecule has 176 valence electrons. The number of benzene rings is 1. The van der Waals surface area contributed by atoms with Crippen LogP contribution in [0.4, 0.5) is 0 Å². The van der Waals surface area contributed by atoms with Crippen LogP contribution in [0.5, 0.6) is 0 Å². The van der Waals surface area contributed by atoms with Crippen LogP contribution < -0.4 is 0 Å². The van der Waals surface area contributed by atoms with Crippen LogP contribution in [0.1, 0.15) is 80.6 Å². The van der Waals surface area contributed by atoms with Crippen molar-refractivity contribution in [1.82, 2.24) is 0 Å². The van der Waals surface area contributed by atoms with E-state index < -0.39 is 5.60 Å². The van der Waals surface area contributed by atoms with Crippen LogP contribution in [-0.4, -0.2) is 38.0 Å². The van der Waals surface area contributed by atoms with E-state index >= 15 is 0 Å². The smallest absolute Gasteiger partial charge is 0.159 e. The van der Waals surface area contributed by atoms with Gasteiger partial charge in [-0.2, -0.15) is 0 Å². The van der Waals surface area contributed by atoms with E-state index in [2.05, 4.69) is 19.1 Å². The van der Waals surface area contributed by atoms with Gasteiger partial charge in [0.25, 0.3) is 0 Å². The number of rotatable bonds is 6. The van der Waals surface area contributed by atoms with Gasteiger partial charge in [-0.05, 0) is 79.1 Å². The maximum Gasteiger partial charge on any atom is 0.159 e. The van der Waals surface area contributed by atoms with Crippen molar-refractivity contribution in [2.45, 2.75) is 70.3 Å². The molecule has 4 nitrogen and oxygen atoms in total. The van der Waals surface area contributed by atoms with Crippen molar-refractivity contribution in [3.05, 3.63) is 58.2 Å². The highest BCUT2D eigenvalue weighted by molar-refractivity contribution is 5.95. The SMILES string of the molecule is CCOC1(COC)CC(=O)C=C2CC[C@@H]3C(=C21)[C@@H](c1ccc(C=O)cc1)C[C@]1(C)CCC[C@@H]31. The van der Waals surface area contributed by atoms with Crippen LogP contribution in [-0.2, 0) is 14.3 Å². The summed E-state index contributed by atoms with van der Waals surface area (Å²) in [7, 11) is 1.71. The number of carbonyl (C=O) groups excluding carboxylic acids is 2. The lowest BCUT2D eigenvalue weighted by Crippen LogP contribution is -2.49. The molecule has 0 heterocycles. The Morgan fingerprint density at radius 1 is 1.18 bits per heavy atom. The molecule has 33 heavy (non-hydrogen) atoms. The van der Waals surface area contributed by atoms with E-state index in [1.807, 2.05) is 25.1 Å². The van der Waals surface area contributed by atoms with Gasteiger partial charge in [-0.15, -0.1) is 0 Å². The second kappa shape index (κ2) is 8.63. The Hall–Kier alpha value is -2.04. The van der Waals surface area contributed by atoms with E-state index in [9.17, 15) is 9.59 Å². The van der Waals surface area contributed by atoms with Crippen LogP contribution >= 0.6 is 0 Å². The first-order valence-corrected chi connectivity index (χ1v) is 12.6. The Kier molecular flexibility index (Phi) is 5.95. The molecule has 0 spiro atoms. The number of methoxy groups -OCH3 is 1. The van der Waals surface area contributed by atoms with Crippen LogP contribution in [0, 0.1) is 17.3 Å². The second-order valence-electron chi connectivity index (χ2n) is 10.8.